The van der Waals surface area contributed by atoms with E-state index in [1.165, 1.54) is 0 Å². The van der Waals surface area contributed by atoms with Gasteiger partial charge in [0.1, 0.15) is 18.2 Å². The van der Waals surface area contributed by atoms with E-state index in [-0.39, 0.29) is 0 Å². The lowest BCUT2D eigenvalue weighted by Crippen LogP contribution is -2.53. The van der Waals surface area contributed by atoms with Crippen molar-refractivity contribution in [2.45, 2.75) is 19.9 Å². The van der Waals surface area contributed by atoms with E-state index in [0.717, 1.165) is 95.4 Å². The number of nitrogens with zero attached hydrogens (tertiary/aromatic N) is 8. The monoisotopic (exact) mass is 441 g/mol. The van der Waals surface area contributed by atoms with E-state index in [9.17, 15) is 0 Å². The van der Waals surface area contributed by atoms with E-state index >= 15 is 0 Å². The number of pyridine rings is 1. The van der Waals surface area contributed by atoms with E-state index < -0.39 is 0 Å². The molecule has 174 valence electrons. The molecule has 0 unspecified atom stereocenters. The number of nitrogens with one attached hydrogen (secondary N) is 1. The van der Waals surface area contributed by atoms with Gasteiger partial charge in [0.05, 0.1) is 13.2 Å². The van der Waals surface area contributed by atoms with Gasteiger partial charge in [-0.3, -0.25) is 4.90 Å². The number of guanidine groups is 1. The zero-order valence-corrected chi connectivity index (χ0v) is 19.3. The fourth-order valence-corrected chi connectivity index (χ4v) is 4.02. The topological polar surface area (TPSA) is 86.9 Å². The first kappa shape index (κ1) is 22.5. The number of morpholine rings is 1. The van der Waals surface area contributed by atoms with E-state index in [0.29, 0.717) is 6.54 Å². The van der Waals surface area contributed by atoms with Gasteiger partial charge in [0.15, 0.2) is 11.8 Å². The molecule has 0 amide bonds. The van der Waals surface area contributed by atoms with E-state index in [4.69, 9.17) is 9.73 Å². The summed E-state index contributed by atoms with van der Waals surface area (Å²) in [6.45, 7) is 11.9. The Morgan fingerprint density at radius 3 is 2.59 bits per heavy atom. The fourth-order valence-electron chi connectivity index (χ4n) is 4.02. The molecule has 2 saturated heterocycles. The predicted octanol–water partition coefficient (Wildman–Crippen LogP) is 0.509. The molecule has 10 nitrogen and oxygen atoms in total. The maximum Gasteiger partial charge on any atom is 0.194 e. The zero-order valence-electron chi connectivity index (χ0n) is 19.3. The maximum atomic E-state index is 5.45. The number of aliphatic imine (C=N–C) groups is 1. The minimum Gasteiger partial charge on any atom is -0.379 e. The molecular formula is C22H35N9O. The van der Waals surface area contributed by atoms with Crippen LogP contribution >= 0.6 is 0 Å². The number of hydrogen-bond donors (Lipinski definition) is 1. The molecule has 2 fully saturated rings. The van der Waals surface area contributed by atoms with Gasteiger partial charge in [-0.15, -0.1) is 10.2 Å². The SMILES string of the molecule is Cc1nnc(CN=C(NCCCN2CCOCC2)N2CCN(c3ccccn3)CC2)n1C. The van der Waals surface area contributed by atoms with Gasteiger partial charge in [-0.25, -0.2) is 9.98 Å². The highest BCUT2D eigenvalue weighted by Crippen LogP contribution is 2.13. The molecule has 0 bridgehead atoms. The average molecular weight is 442 g/mol. The van der Waals surface area contributed by atoms with Gasteiger partial charge >= 0.3 is 0 Å². The summed E-state index contributed by atoms with van der Waals surface area (Å²) in [5, 5.41) is 12.0. The van der Waals surface area contributed by atoms with Crippen molar-refractivity contribution < 1.29 is 4.74 Å². The van der Waals surface area contributed by atoms with Gasteiger partial charge < -0.3 is 24.4 Å². The van der Waals surface area contributed by atoms with Crippen LogP contribution in [0.1, 0.15) is 18.1 Å². The maximum absolute atomic E-state index is 5.45. The molecule has 0 aliphatic carbocycles. The normalized spacial score (nSPS) is 18.2. The van der Waals surface area contributed by atoms with Crippen molar-refractivity contribution in [3.8, 4) is 0 Å². The molecule has 0 radical (unpaired) electrons. The Hall–Kier alpha value is -2.72. The highest BCUT2D eigenvalue weighted by Gasteiger charge is 2.21. The third-order valence-electron chi connectivity index (χ3n) is 6.14. The molecule has 1 N–H and O–H groups in total. The van der Waals surface area contributed by atoms with Crippen molar-refractivity contribution >= 4 is 11.8 Å². The summed E-state index contributed by atoms with van der Waals surface area (Å²) in [4.78, 5) is 16.6. The second kappa shape index (κ2) is 11.2. The van der Waals surface area contributed by atoms with Crippen LogP contribution in [0.25, 0.3) is 0 Å². The van der Waals surface area contributed by atoms with Gasteiger partial charge in [-0.1, -0.05) is 6.07 Å². The Labute approximate surface area is 190 Å². The van der Waals surface area contributed by atoms with Crippen molar-refractivity contribution in [3.05, 3.63) is 36.0 Å². The predicted molar refractivity (Wildman–Crippen MR) is 125 cm³/mol. The molecule has 2 aliphatic rings. The van der Waals surface area contributed by atoms with Crippen molar-refractivity contribution in [1.29, 1.82) is 0 Å². The van der Waals surface area contributed by atoms with Crippen LogP contribution in [0.2, 0.25) is 0 Å². The summed E-state index contributed by atoms with van der Waals surface area (Å²) in [6, 6.07) is 6.07. The van der Waals surface area contributed by atoms with Gasteiger partial charge in [-0.05, 0) is 32.0 Å². The smallest absolute Gasteiger partial charge is 0.194 e. The van der Waals surface area contributed by atoms with Crippen molar-refractivity contribution in [2.75, 3.05) is 70.5 Å². The van der Waals surface area contributed by atoms with Crippen molar-refractivity contribution in [3.63, 3.8) is 0 Å². The third kappa shape index (κ3) is 5.95. The largest absolute Gasteiger partial charge is 0.379 e. The Morgan fingerprint density at radius 2 is 1.91 bits per heavy atom. The Bertz CT molecular complexity index is 856. The number of aryl methyl sites for hydroxylation is 1. The van der Waals surface area contributed by atoms with Crippen LogP contribution in [-0.2, 0) is 18.3 Å². The Balaban J connectivity index is 1.34. The summed E-state index contributed by atoms with van der Waals surface area (Å²) >= 11 is 0. The number of anilines is 1. The van der Waals surface area contributed by atoms with Crippen LogP contribution in [0, 0.1) is 6.92 Å². The first-order valence-electron chi connectivity index (χ1n) is 11.5. The molecule has 4 heterocycles. The lowest BCUT2D eigenvalue weighted by molar-refractivity contribution is 0.0375. The number of rotatable bonds is 7. The number of ether oxygens (including phenoxy) is 1. The van der Waals surface area contributed by atoms with E-state index in [2.05, 4.69) is 41.3 Å². The molecule has 10 heteroatoms. The summed E-state index contributed by atoms with van der Waals surface area (Å²) in [7, 11) is 1.99. The molecule has 32 heavy (non-hydrogen) atoms. The Kier molecular flexibility index (Phi) is 7.89. The van der Waals surface area contributed by atoms with Crippen LogP contribution in [0.3, 0.4) is 0 Å². The van der Waals surface area contributed by atoms with Gasteiger partial charge in [0.25, 0.3) is 0 Å². The van der Waals surface area contributed by atoms with Crippen molar-refractivity contribution in [1.82, 2.24) is 34.9 Å². The first-order valence-corrected chi connectivity index (χ1v) is 11.5. The second-order valence-corrected chi connectivity index (χ2v) is 8.26. The lowest BCUT2D eigenvalue weighted by atomic mass is 10.3. The average Bonchev–Trinajstić information content (AvgIpc) is 3.17. The summed E-state index contributed by atoms with van der Waals surface area (Å²) in [5.41, 5.74) is 0. The van der Waals surface area contributed by atoms with Crippen LogP contribution in [0.5, 0.6) is 0 Å². The van der Waals surface area contributed by atoms with Crippen LogP contribution in [-0.4, -0.2) is 101 Å². The fraction of sp³-hybridized carbons (Fsp3) is 0.636. The number of aromatic nitrogens is 4. The molecule has 0 aromatic carbocycles. The lowest BCUT2D eigenvalue weighted by Gasteiger charge is -2.37. The summed E-state index contributed by atoms with van der Waals surface area (Å²) in [6.07, 6.45) is 2.93. The molecule has 0 saturated carbocycles. The van der Waals surface area contributed by atoms with Crippen LogP contribution < -0.4 is 10.2 Å². The van der Waals surface area contributed by atoms with Gasteiger partial charge in [0, 0.05) is 59.1 Å². The second-order valence-electron chi connectivity index (χ2n) is 8.26. The molecule has 0 spiro atoms. The summed E-state index contributed by atoms with van der Waals surface area (Å²) < 4.78 is 7.44. The molecular weight excluding hydrogens is 406 g/mol. The van der Waals surface area contributed by atoms with Crippen LogP contribution in [0.15, 0.2) is 29.4 Å². The quantitative estimate of drug-likeness (QED) is 0.378. The van der Waals surface area contributed by atoms with Crippen molar-refractivity contribution in [2.24, 2.45) is 12.0 Å². The number of hydrogen-bond acceptors (Lipinski definition) is 7. The molecule has 4 rings (SSSR count). The molecule has 2 aliphatic heterocycles. The van der Waals surface area contributed by atoms with Gasteiger partial charge in [-0.2, -0.15) is 0 Å². The molecule has 0 atom stereocenters. The highest BCUT2D eigenvalue weighted by molar-refractivity contribution is 5.80. The standard InChI is InChI=1S/C22H35N9O/c1-19-26-27-21(28(19)2)18-25-22(24-8-5-9-29-14-16-32-17-15-29)31-12-10-30(11-13-31)20-6-3-4-7-23-20/h3-4,6-7H,5,8-18H2,1-2H3,(H,24,25). The Morgan fingerprint density at radius 1 is 1.09 bits per heavy atom. The van der Waals surface area contributed by atoms with E-state index in [1.807, 2.05) is 36.9 Å². The zero-order chi connectivity index (χ0) is 22.2. The van der Waals surface area contributed by atoms with Crippen LogP contribution in [0.4, 0.5) is 5.82 Å². The van der Waals surface area contributed by atoms with Gasteiger partial charge in [0.2, 0.25) is 0 Å². The minimum atomic E-state index is 0.517. The minimum absolute atomic E-state index is 0.517. The summed E-state index contributed by atoms with van der Waals surface area (Å²) in [5.74, 6) is 3.77. The molecule has 2 aromatic heterocycles. The molecule has 2 aromatic rings. The highest BCUT2D eigenvalue weighted by atomic mass is 16.5. The number of piperazine rings is 1. The third-order valence-corrected chi connectivity index (χ3v) is 6.14. The first-order chi connectivity index (χ1) is 15.7. The van der Waals surface area contributed by atoms with E-state index in [1.54, 1.807) is 0 Å².